The first-order valence-corrected chi connectivity index (χ1v) is 13.2. The van der Waals surface area contributed by atoms with Gasteiger partial charge in [-0.15, -0.1) is 10.2 Å². The fourth-order valence-electron chi connectivity index (χ4n) is 3.26. The highest BCUT2D eigenvalue weighted by atomic mass is 35.5. The van der Waals surface area contributed by atoms with Crippen molar-refractivity contribution in [2.75, 3.05) is 0 Å². The lowest BCUT2D eigenvalue weighted by atomic mass is 9.82. The number of carboxylic acid groups (broad SMARTS) is 1. The number of carbonyl (C=O) groups is 3. The molecule has 3 aromatic rings. The third-order valence-corrected chi connectivity index (χ3v) is 7.67. The standard InChI is InChI=1S/C25H27Cl2N5O5S/c1-4-25(2,3)16-10-17(26)22(18(27)11-16)38-23-29-31-32(30-23)13-20(33)19(12-21(34)35)28-24(36)37-14-15-8-6-5-7-9-15/h5-11,19H,4,12-14H2,1-3H3,(H,28,36)(H,34,35). The number of tetrazole rings is 1. The smallest absolute Gasteiger partial charge is 0.408 e. The van der Waals surface area contributed by atoms with E-state index in [1.54, 1.807) is 24.3 Å². The van der Waals surface area contributed by atoms with Crippen LogP contribution < -0.4 is 5.32 Å². The maximum Gasteiger partial charge on any atom is 0.408 e. The van der Waals surface area contributed by atoms with Crippen LogP contribution in [-0.4, -0.2) is 49.2 Å². The zero-order chi connectivity index (χ0) is 27.9. The number of aliphatic carboxylic acids is 1. The molecule has 2 N–H and O–H groups in total. The maximum absolute atomic E-state index is 12.8. The molecule has 0 fully saturated rings. The molecule has 0 aliphatic heterocycles. The molecule has 0 aliphatic rings. The SMILES string of the molecule is CCC(C)(C)c1cc(Cl)c(Sc2nnn(CC(=O)C(CC(=O)O)NC(=O)OCc3ccccc3)n2)c(Cl)c1. The molecule has 1 unspecified atom stereocenters. The number of nitrogens with zero attached hydrogens (tertiary/aromatic N) is 4. The Morgan fingerprint density at radius 2 is 1.82 bits per heavy atom. The van der Waals surface area contributed by atoms with E-state index in [1.807, 2.05) is 18.2 Å². The minimum absolute atomic E-state index is 0.0338. The van der Waals surface area contributed by atoms with Crippen LogP contribution in [0.2, 0.25) is 10.0 Å². The lowest BCUT2D eigenvalue weighted by Gasteiger charge is -2.24. The number of rotatable bonds is 12. The summed E-state index contributed by atoms with van der Waals surface area (Å²) >= 11 is 14.1. The zero-order valence-corrected chi connectivity index (χ0v) is 23.3. The van der Waals surface area contributed by atoms with Crippen molar-refractivity contribution in [1.82, 2.24) is 25.5 Å². The van der Waals surface area contributed by atoms with Gasteiger partial charge < -0.3 is 15.2 Å². The van der Waals surface area contributed by atoms with E-state index >= 15 is 0 Å². The molecule has 1 aromatic heterocycles. The Hall–Kier alpha value is -3.15. The van der Waals surface area contributed by atoms with Crippen molar-refractivity contribution in [3.05, 3.63) is 63.6 Å². The summed E-state index contributed by atoms with van der Waals surface area (Å²) in [5.41, 5.74) is 1.64. The molecule has 0 saturated heterocycles. The fourth-order valence-corrected chi connectivity index (χ4v) is 4.68. The summed E-state index contributed by atoms with van der Waals surface area (Å²) < 4.78 is 5.10. The van der Waals surface area contributed by atoms with Gasteiger partial charge in [0, 0.05) is 0 Å². The van der Waals surface area contributed by atoms with Gasteiger partial charge in [-0.25, -0.2) is 4.79 Å². The second-order valence-electron chi connectivity index (χ2n) is 9.03. The molecular weight excluding hydrogens is 553 g/mol. The Balaban J connectivity index is 1.64. The van der Waals surface area contributed by atoms with Gasteiger partial charge in [-0.2, -0.15) is 4.80 Å². The van der Waals surface area contributed by atoms with Gasteiger partial charge in [-0.3, -0.25) is 9.59 Å². The van der Waals surface area contributed by atoms with Crippen molar-refractivity contribution in [3.63, 3.8) is 0 Å². The van der Waals surface area contributed by atoms with Crippen LogP contribution in [0.15, 0.2) is 52.5 Å². The van der Waals surface area contributed by atoms with Crippen molar-refractivity contribution < 1.29 is 24.2 Å². The first kappa shape index (κ1) is 29.4. The number of aromatic nitrogens is 4. The second kappa shape index (κ2) is 13.1. The number of halogens is 2. The number of hydrogen-bond donors (Lipinski definition) is 2. The molecule has 0 aliphatic carbocycles. The molecule has 10 nitrogen and oxygen atoms in total. The summed E-state index contributed by atoms with van der Waals surface area (Å²) in [7, 11) is 0. The van der Waals surface area contributed by atoms with E-state index in [0.29, 0.717) is 14.9 Å². The first-order valence-electron chi connectivity index (χ1n) is 11.7. The summed E-state index contributed by atoms with van der Waals surface area (Å²) in [6.07, 6.45) is -0.657. The predicted octanol–water partition coefficient (Wildman–Crippen LogP) is 5.16. The lowest BCUT2D eigenvalue weighted by Crippen LogP contribution is -2.44. The zero-order valence-electron chi connectivity index (χ0n) is 21.0. The number of amides is 1. The van der Waals surface area contributed by atoms with Gasteiger partial charge in [0.2, 0.25) is 5.16 Å². The molecule has 0 radical (unpaired) electrons. The number of Topliss-reactive ketones (excluding diaryl/α,β-unsaturated/α-hetero) is 1. The van der Waals surface area contributed by atoms with Gasteiger partial charge in [0.1, 0.15) is 19.2 Å². The topological polar surface area (TPSA) is 136 Å². The number of ether oxygens (including phenoxy) is 1. The van der Waals surface area contributed by atoms with Crippen LogP contribution in [0.3, 0.4) is 0 Å². The number of alkyl carbamates (subject to hydrolysis) is 1. The predicted molar refractivity (Wildman–Crippen MR) is 143 cm³/mol. The molecule has 1 atom stereocenters. The van der Waals surface area contributed by atoms with Gasteiger partial charge in [0.25, 0.3) is 0 Å². The van der Waals surface area contributed by atoms with E-state index in [-0.39, 0.29) is 17.2 Å². The molecule has 202 valence electrons. The summed E-state index contributed by atoms with van der Waals surface area (Å²) in [5.74, 6) is -1.91. The maximum atomic E-state index is 12.8. The molecule has 0 saturated carbocycles. The highest BCUT2D eigenvalue weighted by Crippen LogP contribution is 2.41. The van der Waals surface area contributed by atoms with Crippen LogP contribution in [0.1, 0.15) is 44.7 Å². The van der Waals surface area contributed by atoms with E-state index < -0.39 is 36.9 Å². The number of carboxylic acids is 1. The summed E-state index contributed by atoms with van der Waals surface area (Å²) in [4.78, 5) is 37.8. The Kier molecular flexibility index (Phi) is 10.1. The molecule has 3 rings (SSSR count). The number of benzene rings is 2. The Bertz CT molecular complexity index is 1280. The summed E-state index contributed by atoms with van der Waals surface area (Å²) in [6, 6.07) is 11.3. The van der Waals surface area contributed by atoms with Crippen LogP contribution >= 0.6 is 35.0 Å². The summed E-state index contributed by atoms with van der Waals surface area (Å²) in [5, 5.41) is 24.5. The lowest BCUT2D eigenvalue weighted by molar-refractivity contribution is -0.139. The quantitative estimate of drug-likeness (QED) is 0.298. The fraction of sp³-hybridized carbons (Fsp3) is 0.360. The largest absolute Gasteiger partial charge is 0.481 e. The average molecular weight is 580 g/mol. The molecule has 2 aromatic carbocycles. The van der Waals surface area contributed by atoms with Gasteiger partial charge in [0.05, 0.1) is 21.4 Å². The van der Waals surface area contributed by atoms with E-state index in [2.05, 4.69) is 41.5 Å². The number of nitrogens with one attached hydrogen (secondary N) is 1. The first-order chi connectivity index (χ1) is 18.0. The van der Waals surface area contributed by atoms with Crippen molar-refractivity contribution in [3.8, 4) is 0 Å². The van der Waals surface area contributed by atoms with Crippen molar-refractivity contribution in [2.45, 2.75) is 68.3 Å². The molecule has 1 heterocycles. The highest BCUT2D eigenvalue weighted by molar-refractivity contribution is 7.99. The Morgan fingerprint density at radius 3 is 2.42 bits per heavy atom. The van der Waals surface area contributed by atoms with Crippen LogP contribution in [0.25, 0.3) is 0 Å². The van der Waals surface area contributed by atoms with Gasteiger partial charge in [-0.1, -0.05) is 74.3 Å². The van der Waals surface area contributed by atoms with E-state index in [9.17, 15) is 19.5 Å². The molecule has 1 amide bonds. The molecular formula is C25H27Cl2N5O5S. The normalized spacial score (nSPS) is 12.1. The Labute approximate surface area is 234 Å². The minimum Gasteiger partial charge on any atom is -0.481 e. The molecule has 0 spiro atoms. The van der Waals surface area contributed by atoms with Gasteiger partial charge in [-0.05, 0) is 52.1 Å². The van der Waals surface area contributed by atoms with Crippen molar-refractivity contribution >= 4 is 52.8 Å². The summed E-state index contributed by atoms with van der Waals surface area (Å²) in [6.45, 7) is 5.82. The Morgan fingerprint density at radius 1 is 1.16 bits per heavy atom. The third kappa shape index (κ3) is 8.17. The average Bonchev–Trinajstić information content (AvgIpc) is 3.31. The number of carbonyl (C=O) groups excluding carboxylic acids is 2. The molecule has 0 bridgehead atoms. The van der Waals surface area contributed by atoms with Gasteiger partial charge in [0.15, 0.2) is 5.78 Å². The van der Waals surface area contributed by atoms with E-state index in [1.165, 1.54) is 0 Å². The monoisotopic (exact) mass is 579 g/mol. The van der Waals surface area contributed by atoms with Gasteiger partial charge >= 0.3 is 12.1 Å². The minimum atomic E-state index is -1.35. The van der Waals surface area contributed by atoms with E-state index in [0.717, 1.165) is 34.1 Å². The van der Waals surface area contributed by atoms with Crippen molar-refractivity contribution in [1.29, 1.82) is 0 Å². The van der Waals surface area contributed by atoms with Crippen LogP contribution in [0, 0.1) is 0 Å². The van der Waals surface area contributed by atoms with Crippen LogP contribution in [-0.2, 0) is 32.9 Å². The van der Waals surface area contributed by atoms with Crippen molar-refractivity contribution in [2.24, 2.45) is 0 Å². The molecule has 38 heavy (non-hydrogen) atoms. The van der Waals surface area contributed by atoms with Crippen LogP contribution in [0.5, 0.6) is 0 Å². The van der Waals surface area contributed by atoms with E-state index in [4.69, 9.17) is 27.9 Å². The highest BCUT2D eigenvalue weighted by Gasteiger charge is 2.26. The number of ketones is 1. The second-order valence-corrected chi connectivity index (χ2v) is 10.8. The van der Waals surface area contributed by atoms with Crippen LogP contribution in [0.4, 0.5) is 4.79 Å². The molecule has 13 heteroatoms. The third-order valence-electron chi connectivity index (χ3n) is 5.86. The number of hydrogen-bond acceptors (Lipinski definition) is 8.